The van der Waals surface area contributed by atoms with Crippen molar-refractivity contribution in [3.8, 4) is 0 Å². The molecule has 0 fully saturated rings. The van der Waals surface area contributed by atoms with Gasteiger partial charge in [0.2, 0.25) is 0 Å². The average molecular weight is 192 g/mol. The van der Waals surface area contributed by atoms with Crippen LogP contribution in [0.25, 0.3) is 0 Å². The number of hydrogen-bond acceptors (Lipinski definition) is 1. The van der Waals surface area contributed by atoms with Gasteiger partial charge in [0.25, 0.3) is 0 Å². The summed E-state index contributed by atoms with van der Waals surface area (Å²) in [6.07, 6.45) is 0.706. The molecule has 14 heavy (non-hydrogen) atoms. The molecule has 0 aliphatic rings. The van der Waals surface area contributed by atoms with Gasteiger partial charge in [0.05, 0.1) is 5.60 Å². The zero-order valence-corrected chi connectivity index (χ0v) is 9.54. The van der Waals surface area contributed by atoms with E-state index < -0.39 is 5.60 Å². The molecule has 1 aromatic carbocycles. The van der Waals surface area contributed by atoms with Crippen LogP contribution in [-0.4, -0.2) is 10.7 Å². The average Bonchev–Trinajstić information content (AvgIpc) is 2.03. The summed E-state index contributed by atoms with van der Waals surface area (Å²) >= 11 is 0. The first-order valence-electron chi connectivity index (χ1n) is 5.09. The summed E-state index contributed by atoms with van der Waals surface area (Å²) in [5.41, 5.74) is 0.435. The summed E-state index contributed by atoms with van der Waals surface area (Å²) in [7, 11) is 0. The molecule has 0 aromatic heterocycles. The Bertz CT molecular complexity index is 280. The van der Waals surface area contributed by atoms with Crippen LogP contribution in [0.4, 0.5) is 0 Å². The quantitative estimate of drug-likeness (QED) is 0.763. The topological polar surface area (TPSA) is 20.2 Å². The van der Waals surface area contributed by atoms with Crippen molar-refractivity contribution in [1.29, 1.82) is 0 Å². The summed E-state index contributed by atoms with van der Waals surface area (Å²) in [4.78, 5) is 0. The zero-order chi connectivity index (χ0) is 10.8. The van der Waals surface area contributed by atoms with Crippen LogP contribution in [0.15, 0.2) is 30.3 Å². The van der Waals surface area contributed by atoms with Crippen molar-refractivity contribution >= 4 is 0 Å². The summed E-state index contributed by atoms with van der Waals surface area (Å²) < 4.78 is 0. The molecule has 78 valence electrons. The van der Waals surface area contributed by atoms with E-state index in [-0.39, 0.29) is 5.41 Å². The van der Waals surface area contributed by atoms with Crippen LogP contribution < -0.4 is 0 Å². The van der Waals surface area contributed by atoms with E-state index in [1.54, 1.807) is 0 Å². The van der Waals surface area contributed by atoms with Gasteiger partial charge in [-0.2, -0.15) is 0 Å². The second kappa shape index (κ2) is 3.74. The molecule has 1 unspecified atom stereocenters. The molecule has 0 amide bonds. The van der Waals surface area contributed by atoms with E-state index in [1.165, 1.54) is 5.56 Å². The monoisotopic (exact) mass is 192 g/mol. The highest BCUT2D eigenvalue weighted by Gasteiger charge is 2.34. The Hall–Kier alpha value is -0.820. The molecule has 0 spiro atoms. The summed E-state index contributed by atoms with van der Waals surface area (Å²) in [5.74, 6) is 0. The molecule has 0 aliphatic carbocycles. The Morgan fingerprint density at radius 1 is 1.00 bits per heavy atom. The van der Waals surface area contributed by atoms with Crippen molar-refractivity contribution in [2.45, 2.75) is 39.7 Å². The summed E-state index contributed by atoms with van der Waals surface area (Å²) in [6.45, 7) is 8.10. The Morgan fingerprint density at radius 2 is 1.50 bits per heavy atom. The molecule has 1 rings (SSSR count). The highest BCUT2D eigenvalue weighted by molar-refractivity contribution is 5.17. The second-order valence-electron chi connectivity index (χ2n) is 5.19. The van der Waals surface area contributed by atoms with Gasteiger partial charge in [-0.1, -0.05) is 51.1 Å². The lowest BCUT2D eigenvalue weighted by Crippen LogP contribution is -2.41. The highest BCUT2D eigenvalue weighted by Crippen LogP contribution is 2.32. The van der Waals surface area contributed by atoms with Gasteiger partial charge < -0.3 is 5.11 Å². The molecule has 0 saturated carbocycles. The van der Waals surface area contributed by atoms with Gasteiger partial charge in [0.15, 0.2) is 0 Å². The maximum absolute atomic E-state index is 10.3. The van der Waals surface area contributed by atoms with Crippen molar-refractivity contribution in [3.63, 3.8) is 0 Å². The fraction of sp³-hybridized carbons (Fsp3) is 0.538. The van der Waals surface area contributed by atoms with Gasteiger partial charge in [0, 0.05) is 6.42 Å². The van der Waals surface area contributed by atoms with Crippen LogP contribution >= 0.6 is 0 Å². The SMILES string of the molecule is CC(C)(C)C(C)(O)Cc1ccccc1. The van der Waals surface area contributed by atoms with Crippen molar-refractivity contribution in [2.24, 2.45) is 5.41 Å². The highest BCUT2D eigenvalue weighted by atomic mass is 16.3. The van der Waals surface area contributed by atoms with Gasteiger partial charge in [-0.15, -0.1) is 0 Å². The van der Waals surface area contributed by atoms with Crippen molar-refractivity contribution in [2.75, 3.05) is 0 Å². The van der Waals surface area contributed by atoms with Gasteiger partial charge in [-0.05, 0) is 17.9 Å². The molecular formula is C13H20O. The molecule has 0 bridgehead atoms. The number of hydrogen-bond donors (Lipinski definition) is 1. The second-order valence-corrected chi connectivity index (χ2v) is 5.19. The van der Waals surface area contributed by atoms with Crippen LogP contribution in [-0.2, 0) is 6.42 Å². The first-order chi connectivity index (χ1) is 6.33. The van der Waals surface area contributed by atoms with E-state index in [2.05, 4.69) is 32.9 Å². The summed E-state index contributed by atoms with van der Waals surface area (Å²) in [5, 5.41) is 10.3. The molecule has 1 atom stereocenters. The van der Waals surface area contributed by atoms with E-state index in [1.807, 2.05) is 25.1 Å². The van der Waals surface area contributed by atoms with Crippen LogP contribution in [0.1, 0.15) is 33.3 Å². The van der Waals surface area contributed by atoms with E-state index in [9.17, 15) is 5.11 Å². The lowest BCUT2D eigenvalue weighted by atomic mass is 9.74. The van der Waals surface area contributed by atoms with Gasteiger partial charge in [0.1, 0.15) is 0 Å². The fourth-order valence-electron chi connectivity index (χ4n) is 1.26. The maximum Gasteiger partial charge on any atom is 0.0707 e. The minimum atomic E-state index is -0.658. The van der Waals surface area contributed by atoms with Crippen LogP contribution in [0.2, 0.25) is 0 Å². The number of aliphatic hydroxyl groups is 1. The number of rotatable bonds is 2. The van der Waals surface area contributed by atoms with Crippen LogP contribution in [0.5, 0.6) is 0 Å². The third-order valence-corrected chi connectivity index (χ3v) is 3.01. The van der Waals surface area contributed by atoms with Crippen LogP contribution in [0, 0.1) is 5.41 Å². The third-order valence-electron chi connectivity index (χ3n) is 3.01. The Balaban J connectivity index is 2.79. The van der Waals surface area contributed by atoms with Gasteiger partial charge in [-0.25, -0.2) is 0 Å². The van der Waals surface area contributed by atoms with E-state index in [0.29, 0.717) is 6.42 Å². The lowest BCUT2D eigenvalue weighted by molar-refractivity contribution is -0.0405. The van der Waals surface area contributed by atoms with Crippen LogP contribution in [0.3, 0.4) is 0 Å². The molecule has 0 aliphatic heterocycles. The Labute approximate surface area is 86.8 Å². The van der Waals surface area contributed by atoms with Crippen molar-refractivity contribution in [1.82, 2.24) is 0 Å². The molecule has 0 heterocycles. The molecule has 1 nitrogen and oxygen atoms in total. The molecular weight excluding hydrogens is 172 g/mol. The zero-order valence-electron chi connectivity index (χ0n) is 9.54. The van der Waals surface area contributed by atoms with E-state index in [0.717, 1.165) is 0 Å². The normalized spacial score (nSPS) is 16.4. The molecule has 1 N–H and O–H groups in total. The first kappa shape index (κ1) is 11.3. The minimum Gasteiger partial charge on any atom is -0.389 e. The standard InChI is InChI=1S/C13H20O/c1-12(2,3)13(4,14)10-11-8-6-5-7-9-11/h5-9,14H,10H2,1-4H3. The van der Waals surface area contributed by atoms with Crippen molar-refractivity contribution in [3.05, 3.63) is 35.9 Å². The van der Waals surface area contributed by atoms with Gasteiger partial charge in [-0.3, -0.25) is 0 Å². The lowest BCUT2D eigenvalue weighted by Gasteiger charge is -2.37. The molecule has 0 saturated heterocycles. The Morgan fingerprint density at radius 3 is 1.93 bits per heavy atom. The molecule has 1 aromatic rings. The first-order valence-corrected chi connectivity index (χ1v) is 5.09. The predicted molar refractivity (Wildman–Crippen MR) is 60.2 cm³/mol. The van der Waals surface area contributed by atoms with E-state index in [4.69, 9.17) is 0 Å². The van der Waals surface area contributed by atoms with E-state index >= 15 is 0 Å². The third kappa shape index (κ3) is 2.58. The predicted octanol–water partition coefficient (Wildman–Crippen LogP) is 3.03. The Kier molecular flexibility index (Phi) is 3.01. The number of benzene rings is 1. The molecule has 0 radical (unpaired) electrons. The fourth-order valence-corrected chi connectivity index (χ4v) is 1.26. The van der Waals surface area contributed by atoms with Gasteiger partial charge >= 0.3 is 0 Å². The smallest absolute Gasteiger partial charge is 0.0707 e. The minimum absolute atomic E-state index is 0.0944. The molecule has 1 heteroatoms. The maximum atomic E-state index is 10.3. The van der Waals surface area contributed by atoms with Crippen molar-refractivity contribution < 1.29 is 5.11 Å². The largest absolute Gasteiger partial charge is 0.389 e. The summed E-state index contributed by atoms with van der Waals surface area (Å²) in [6, 6.07) is 10.1.